The van der Waals surface area contributed by atoms with E-state index < -0.39 is 23.7 Å². The lowest BCUT2D eigenvalue weighted by molar-refractivity contribution is -0.132. The Morgan fingerprint density at radius 3 is 2.57 bits per heavy atom. The SMILES string of the molecule is CCCOc1ccc(/C(O)=C2\C(=O)C(=O)N(c3nc(C)c(C(=O)OC)s3)C2c2cccnc2)cc1. The number of ketones is 1. The Bertz CT molecular complexity index is 1300. The number of esters is 1. The average molecular weight is 494 g/mol. The fourth-order valence-corrected chi connectivity index (χ4v) is 4.75. The Morgan fingerprint density at radius 2 is 1.94 bits per heavy atom. The number of anilines is 1. The molecule has 1 aromatic carbocycles. The second-order valence-corrected chi connectivity index (χ2v) is 8.71. The first-order chi connectivity index (χ1) is 16.9. The van der Waals surface area contributed by atoms with E-state index in [0.717, 1.165) is 17.8 Å². The van der Waals surface area contributed by atoms with E-state index in [0.29, 0.717) is 29.2 Å². The second kappa shape index (κ2) is 10.1. The van der Waals surface area contributed by atoms with E-state index in [1.807, 2.05) is 6.92 Å². The lowest BCUT2D eigenvalue weighted by Crippen LogP contribution is -2.29. The van der Waals surface area contributed by atoms with Crippen LogP contribution in [-0.4, -0.2) is 46.5 Å². The van der Waals surface area contributed by atoms with Gasteiger partial charge in [-0.3, -0.25) is 19.5 Å². The molecule has 0 radical (unpaired) electrons. The number of rotatable bonds is 7. The van der Waals surface area contributed by atoms with E-state index >= 15 is 0 Å². The minimum atomic E-state index is -0.990. The number of ether oxygens (including phenoxy) is 2. The largest absolute Gasteiger partial charge is 0.507 e. The molecule has 35 heavy (non-hydrogen) atoms. The fraction of sp³-hybridized carbons (Fsp3) is 0.240. The summed E-state index contributed by atoms with van der Waals surface area (Å²) in [6, 6.07) is 9.00. The second-order valence-electron chi connectivity index (χ2n) is 7.73. The molecule has 180 valence electrons. The van der Waals surface area contributed by atoms with Crippen molar-refractivity contribution >= 4 is 39.9 Å². The molecule has 3 heterocycles. The Morgan fingerprint density at radius 1 is 1.20 bits per heavy atom. The van der Waals surface area contributed by atoms with Crippen molar-refractivity contribution in [3.63, 3.8) is 0 Å². The van der Waals surface area contributed by atoms with Gasteiger partial charge in [-0.15, -0.1) is 0 Å². The molecule has 1 amide bonds. The molecule has 9 nitrogen and oxygen atoms in total. The van der Waals surface area contributed by atoms with Gasteiger partial charge in [0.1, 0.15) is 16.4 Å². The van der Waals surface area contributed by atoms with Crippen LogP contribution in [0.3, 0.4) is 0 Å². The number of carbonyl (C=O) groups is 3. The molecule has 1 aliphatic rings. The van der Waals surface area contributed by atoms with Crippen LogP contribution >= 0.6 is 11.3 Å². The third kappa shape index (κ3) is 4.52. The van der Waals surface area contributed by atoms with Crippen LogP contribution in [0.25, 0.3) is 5.76 Å². The Hall–Kier alpha value is -4.05. The van der Waals surface area contributed by atoms with Crippen LogP contribution < -0.4 is 9.64 Å². The van der Waals surface area contributed by atoms with Gasteiger partial charge in [0.05, 0.1) is 31.0 Å². The summed E-state index contributed by atoms with van der Waals surface area (Å²) in [5.74, 6) is -2.03. The maximum atomic E-state index is 13.2. The predicted octanol–water partition coefficient (Wildman–Crippen LogP) is 4.05. The lowest BCUT2D eigenvalue weighted by atomic mass is 9.96. The smallest absolute Gasteiger partial charge is 0.350 e. The quantitative estimate of drug-likeness (QED) is 0.227. The number of Topliss-reactive ketones (excluding diaryl/α,β-unsaturated/α-hetero) is 1. The van der Waals surface area contributed by atoms with Crippen LogP contribution in [0.4, 0.5) is 5.13 Å². The molecule has 1 unspecified atom stereocenters. The number of aromatic nitrogens is 2. The minimum Gasteiger partial charge on any atom is -0.507 e. The van der Waals surface area contributed by atoms with Crippen molar-refractivity contribution in [2.24, 2.45) is 0 Å². The molecule has 4 rings (SSSR count). The standard InChI is InChI=1S/C25H23N3O6S/c1-4-12-34-17-9-7-15(8-10-17)20(29)18-19(16-6-5-11-26-13-16)28(23(31)21(18)30)25-27-14(2)22(35-25)24(32)33-3/h5-11,13,19,29H,4,12H2,1-3H3/b20-18+. The van der Waals surface area contributed by atoms with Gasteiger partial charge in [-0.1, -0.05) is 24.3 Å². The van der Waals surface area contributed by atoms with Crippen LogP contribution in [-0.2, 0) is 14.3 Å². The zero-order valence-electron chi connectivity index (χ0n) is 19.3. The summed E-state index contributed by atoms with van der Waals surface area (Å²) in [6.45, 7) is 4.16. The van der Waals surface area contributed by atoms with Crippen molar-refractivity contribution in [1.29, 1.82) is 0 Å². The van der Waals surface area contributed by atoms with E-state index in [1.54, 1.807) is 49.5 Å². The maximum absolute atomic E-state index is 13.2. The Balaban J connectivity index is 1.84. The average Bonchev–Trinajstić information content (AvgIpc) is 3.39. The summed E-state index contributed by atoms with van der Waals surface area (Å²) in [5, 5.41) is 11.3. The molecular formula is C25H23N3O6S. The first kappa shape index (κ1) is 24.1. The number of nitrogens with zero attached hydrogens (tertiary/aromatic N) is 3. The Labute approximate surface area is 205 Å². The zero-order chi connectivity index (χ0) is 25.1. The van der Waals surface area contributed by atoms with E-state index in [9.17, 15) is 19.5 Å². The summed E-state index contributed by atoms with van der Waals surface area (Å²) in [6.07, 6.45) is 3.93. The van der Waals surface area contributed by atoms with Crippen LogP contribution in [0, 0.1) is 6.92 Å². The highest BCUT2D eigenvalue weighted by Gasteiger charge is 2.48. The van der Waals surface area contributed by atoms with Gasteiger partial charge in [-0.2, -0.15) is 0 Å². The maximum Gasteiger partial charge on any atom is 0.350 e. The van der Waals surface area contributed by atoms with Crippen molar-refractivity contribution in [3.05, 3.63) is 76.1 Å². The van der Waals surface area contributed by atoms with Gasteiger partial charge in [0.2, 0.25) is 0 Å². The van der Waals surface area contributed by atoms with Crippen molar-refractivity contribution < 1.29 is 29.0 Å². The molecule has 1 atom stereocenters. The van der Waals surface area contributed by atoms with Gasteiger partial charge < -0.3 is 14.6 Å². The number of amides is 1. The summed E-state index contributed by atoms with van der Waals surface area (Å²) in [5.41, 5.74) is 1.12. The van der Waals surface area contributed by atoms with Crippen LogP contribution in [0.1, 0.15) is 45.9 Å². The Kier molecular flexibility index (Phi) is 6.92. The highest BCUT2D eigenvalue weighted by atomic mass is 32.1. The molecule has 1 fully saturated rings. The fourth-order valence-electron chi connectivity index (χ4n) is 3.73. The number of thiazole rings is 1. The molecule has 2 aromatic heterocycles. The first-order valence-electron chi connectivity index (χ1n) is 10.9. The van der Waals surface area contributed by atoms with Gasteiger partial charge in [0.25, 0.3) is 5.78 Å². The number of aryl methyl sites for hydroxylation is 1. The number of hydrogen-bond acceptors (Lipinski definition) is 9. The summed E-state index contributed by atoms with van der Waals surface area (Å²) in [4.78, 5) is 48.4. The molecule has 1 saturated heterocycles. The van der Waals surface area contributed by atoms with E-state index in [-0.39, 0.29) is 21.3 Å². The summed E-state index contributed by atoms with van der Waals surface area (Å²) < 4.78 is 10.4. The van der Waals surface area contributed by atoms with Crippen molar-refractivity contribution in [2.45, 2.75) is 26.3 Å². The van der Waals surface area contributed by atoms with Crippen molar-refractivity contribution in [1.82, 2.24) is 9.97 Å². The molecule has 3 aromatic rings. The van der Waals surface area contributed by atoms with Crippen LogP contribution in [0.2, 0.25) is 0 Å². The van der Waals surface area contributed by atoms with Gasteiger partial charge >= 0.3 is 11.9 Å². The number of benzene rings is 1. The molecule has 1 N–H and O–H groups in total. The number of hydrogen-bond donors (Lipinski definition) is 1. The molecule has 0 saturated carbocycles. The van der Waals surface area contributed by atoms with E-state index in [4.69, 9.17) is 9.47 Å². The third-order valence-electron chi connectivity index (χ3n) is 5.41. The van der Waals surface area contributed by atoms with E-state index in [1.165, 1.54) is 18.2 Å². The molecule has 0 aliphatic carbocycles. The van der Waals surface area contributed by atoms with E-state index in [2.05, 4.69) is 9.97 Å². The van der Waals surface area contributed by atoms with Gasteiger partial charge in [-0.25, -0.2) is 9.78 Å². The number of methoxy groups -OCH3 is 1. The lowest BCUT2D eigenvalue weighted by Gasteiger charge is -2.22. The summed E-state index contributed by atoms with van der Waals surface area (Å²) >= 11 is 0.939. The van der Waals surface area contributed by atoms with Crippen LogP contribution in [0.15, 0.2) is 54.4 Å². The highest BCUT2D eigenvalue weighted by molar-refractivity contribution is 7.17. The van der Waals surface area contributed by atoms with Crippen LogP contribution in [0.5, 0.6) is 5.75 Å². The van der Waals surface area contributed by atoms with Gasteiger partial charge in [0, 0.05) is 18.0 Å². The van der Waals surface area contributed by atoms with Crippen molar-refractivity contribution in [2.75, 3.05) is 18.6 Å². The third-order valence-corrected chi connectivity index (χ3v) is 6.54. The number of pyridine rings is 1. The monoisotopic (exact) mass is 493 g/mol. The molecule has 1 aliphatic heterocycles. The minimum absolute atomic E-state index is 0.0994. The van der Waals surface area contributed by atoms with Crippen molar-refractivity contribution in [3.8, 4) is 5.75 Å². The number of carbonyl (C=O) groups excluding carboxylic acids is 3. The highest BCUT2D eigenvalue weighted by Crippen LogP contribution is 2.43. The molecule has 10 heteroatoms. The molecular weight excluding hydrogens is 470 g/mol. The normalized spacial score (nSPS) is 17.0. The summed E-state index contributed by atoms with van der Waals surface area (Å²) in [7, 11) is 1.25. The predicted molar refractivity (Wildman–Crippen MR) is 129 cm³/mol. The number of aliphatic hydroxyl groups is 1. The zero-order valence-corrected chi connectivity index (χ0v) is 20.2. The molecule has 0 bridgehead atoms. The molecule has 0 spiro atoms. The first-order valence-corrected chi connectivity index (χ1v) is 11.7. The van der Waals surface area contributed by atoms with Gasteiger partial charge in [-0.05, 0) is 49.2 Å². The topological polar surface area (TPSA) is 119 Å². The van der Waals surface area contributed by atoms with Gasteiger partial charge in [0.15, 0.2) is 5.13 Å². The number of aliphatic hydroxyl groups excluding tert-OH is 1.